The van der Waals surface area contributed by atoms with E-state index in [0.29, 0.717) is 6.04 Å². The summed E-state index contributed by atoms with van der Waals surface area (Å²) >= 11 is 2.22. The number of hydrogen-bond donors (Lipinski definition) is 2. The molecule has 3 nitrogen and oxygen atoms in total. The number of nitrogens with zero attached hydrogens (tertiary/aromatic N) is 1. The van der Waals surface area contributed by atoms with Crippen LogP contribution in [-0.2, 0) is 0 Å². The normalized spacial score (nSPS) is 10.4. The lowest BCUT2D eigenvalue weighted by Crippen LogP contribution is -2.12. The highest BCUT2D eigenvalue weighted by Gasteiger charge is 2.06. The standard InChI is InChI=1S/C14H16IN3/c1-10(2)16-12-8-9-13(15)18-14(12)17-11-6-4-3-5-7-11/h3-10,16H,1-2H3,(H,17,18). The SMILES string of the molecule is CC(C)Nc1ccc(I)nc1Nc1ccccc1. The lowest BCUT2D eigenvalue weighted by molar-refractivity contribution is 0.898. The summed E-state index contributed by atoms with van der Waals surface area (Å²) < 4.78 is 0.973. The Morgan fingerprint density at radius 1 is 1.06 bits per heavy atom. The molecule has 0 atom stereocenters. The second-order valence-corrected chi connectivity index (χ2v) is 5.43. The Morgan fingerprint density at radius 3 is 2.44 bits per heavy atom. The van der Waals surface area contributed by atoms with Crippen LogP contribution < -0.4 is 10.6 Å². The monoisotopic (exact) mass is 353 g/mol. The van der Waals surface area contributed by atoms with Gasteiger partial charge >= 0.3 is 0 Å². The Kier molecular flexibility index (Phi) is 4.41. The first-order valence-corrected chi connectivity index (χ1v) is 6.98. The van der Waals surface area contributed by atoms with Crippen molar-refractivity contribution < 1.29 is 0 Å². The van der Waals surface area contributed by atoms with E-state index in [9.17, 15) is 0 Å². The second-order valence-electron chi connectivity index (χ2n) is 4.32. The number of benzene rings is 1. The Bertz CT molecular complexity index is 512. The minimum absolute atomic E-state index is 0.378. The van der Waals surface area contributed by atoms with Gasteiger partial charge in [-0.05, 0) is 60.7 Å². The number of pyridine rings is 1. The van der Waals surface area contributed by atoms with E-state index >= 15 is 0 Å². The number of hydrogen-bond acceptors (Lipinski definition) is 3. The van der Waals surface area contributed by atoms with Crippen LogP contribution in [0.3, 0.4) is 0 Å². The molecule has 2 aromatic rings. The van der Waals surface area contributed by atoms with E-state index in [1.807, 2.05) is 36.4 Å². The summed E-state index contributed by atoms with van der Waals surface area (Å²) in [5, 5.41) is 6.73. The number of rotatable bonds is 4. The minimum atomic E-state index is 0.378. The fraction of sp³-hybridized carbons (Fsp3) is 0.214. The Hall–Kier alpha value is -1.30. The molecule has 0 aliphatic heterocycles. The molecule has 0 saturated heterocycles. The molecule has 0 radical (unpaired) electrons. The molecular weight excluding hydrogens is 337 g/mol. The molecular formula is C14H16IN3. The van der Waals surface area contributed by atoms with Gasteiger partial charge in [-0.3, -0.25) is 0 Å². The molecule has 0 aliphatic rings. The minimum Gasteiger partial charge on any atom is -0.380 e. The first-order valence-electron chi connectivity index (χ1n) is 5.90. The molecule has 1 heterocycles. The van der Waals surface area contributed by atoms with Gasteiger partial charge in [0, 0.05) is 11.7 Å². The summed E-state index contributed by atoms with van der Waals surface area (Å²) in [6.07, 6.45) is 0. The third kappa shape index (κ3) is 3.60. The molecule has 1 aromatic heterocycles. The Balaban J connectivity index is 2.27. The van der Waals surface area contributed by atoms with Crippen LogP contribution in [0.2, 0.25) is 0 Å². The summed E-state index contributed by atoms with van der Waals surface area (Å²) in [4.78, 5) is 4.53. The molecule has 2 N–H and O–H groups in total. The average Bonchev–Trinajstić information content (AvgIpc) is 2.33. The van der Waals surface area contributed by atoms with Crippen LogP contribution >= 0.6 is 22.6 Å². The number of para-hydroxylation sites is 1. The highest BCUT2D eigenvalue weighted by atomic mass is 127. The average molecular weight is 353 g/mol. The van der Waals surface area contributed by atoms with Gasteiger partial charge in [0.15, 0.2) is 5.82 Å². The third-order valence-electron chi connectivity index (χ3n) is 2.34. The van der Waals surface area contributed by atoms with Crippen LogP contribution in [0.1, 0.15) is 13.8 Å². The van der Waals surface area contributed by atoms with Gasteiger partial charge in [0.2, 0.25) is 0 Å². The molecule has 0 bridgehead atoms. The van der Waals surface area contributed by atoms with Crippen molar-refractivity contribution in [2.24, 2.45) is 0 Å². The van der Waals surface area contributed by atoms with E-state index in [4.69, 9.17) is 0 Å². The smallest absolute Gasteiger partial charge is 0.155 e. The molecule has 1 aromatic carbocycles. The molecule has 0 spiro atoms. The van der Waals surface area contributed by atoms with E-state index in [2.05, 4.69) is 58.1 Å². The topological polar surface area (TPSA) is 37.0 Å². The van der Waals surface area contributed by atoms with Crippen LogP contribution in [0.25, 0.3) is 0 Å². The van der Waals surface area contributed by atoms with Crippen molar-refractivity contribution in [3.05, 3.63) is 46.2 Å². The Morgan fingerprint density at radius 2 is 1.78 bits per heavy atom. The van der Waals surface area contributed by atoms with Gasteiger partial charge < -0.3 is 10.6 Å². The zero-order chi connectivity index (χ0) is 13.0. The van der Waals surface area contributed by atoms with Crippen molar-refractivity contribution in [3.63, 3.8) is 0 Å². The molecule has 0 fully saturated rings. The van der Waals surface area contributed by atoms with Crippen LogP contribution in [0.15, 0.2) is 42.5 Å². The summed E-state index contributed by atoms with van der Waals surface area (Å²) in [6, 6.07) is 14.5. The maximum absolute atomic E-state index is 4.53. The van der Waals surface area contributed by atoms with Crippen LogP contribution in [-0.4, -0.2) is 11.0 Å². The maximum Gasteiger partial charge on any atom is 0.155 e. The van der Waals surface area contributed by atoms with E-state index < -0.39 is 0 Å². The molecule has 0 saturated carbocycles. The van der Waals surface area contributed by atoms with Crippen LogP contribution in [0, 0.1) is 3.70 Å². The zero-order valence-electron chi connectivity index (χ0n) is 10.4. The summed E-state index contributed by atoms with van der Waals surface area (Å²) in [5.41, 5.74) is 2.06. The number of nitrogens with one attached hydrogen (secondary N) is 2. The Labute approximate surface area is 121 Å². The third-order valence-corrected chi connectivity index (χ3v) is 2.94. The molecule has 0 amide bonds. The van der Waals surface area contributed by atoms with Gasteiger partial charge in [-0.25, -0.2) is 4.98 Å². The summed E-state index contributed by atoms with van der Waals surface area (Å²) in [5.74, 6) is 0.863. The van der Waals surface area contributed by atoms with E-state index in [1.54, 1.807) is 0 Å². The van der Waals surface area contributed by atoms with Gasteiger partial charge in [0.1, 0.15) is 3.70 Å². The van der Waals surface area contributed by atoms with Gasteiger partial charge in [-0.2, -0.15) is 0 Å². The number of halogens is 1. The molecule has 4 heteroatoms. The predicted octanol–water partition coefficient (Wildman–Crippen LogP) is 4.25. The first kappa shape index (κ1) is 13.1. The van der Waals surface area contributed by atoms with Crippen LogP contribution in [0.5, 0.6) is 0 Å². The van der Waals surface area contributed by atoms with Crippen molar-refractivity contribution in [3.8, 4) is 0 Å². The molecule has 0 aliphatic carbocycles. The fourth-order valence-corrected chi connectivity index (χ4v) is 2.04. The van der Waals surface area contributed by atoms with Gasteiger partial charge in [0.05, 0.1) is 5.69 Å². The number of aromatic nitrogens is 1. The fourth-order valence-electron chi connectivity index (χ4n) is 1.62. The summed E-state index contributed by atoms with van der Waals surface area (Å²) in [7, 11) is 0. The van der Waals surface area contributed by atoms with E-state index in [1.165, 1.54) is 0 Å². The predicted molar refractivity (Wildman–Crippen MR) is 85.4 cm³/mol. The van der Waals surface area contributed by atoms with Crippen molar-refractivity contribution in [1.29, 1.82) is 0 Å². The van der Waals surface area contributed by atoms with Gasteiger partial charge in [0.25, 0.3) is 0 Å². The van der Waals surface area contributed by atoms with Crippen molar-refractivity contribution in [1.82, 2.24) is 4.98 Å². The van der Waals surface area contributed by atoms with Crippen molar-refractivity contribution in [2.75, 3.05) is 10.6 Å². The van der Waals surface area contributed by atoms with Crippen LogP contribution in [0.4, 0.5) is 17.2 Å². The molecule has 94 valence electrons. The molecule has 18 heavy (non-hydrogen) atoms. The van der Waals surface area contributed by atoms with E-state index in [0.717, 1.165) is 20.9 Å². The lowest BCUT2D eigenvalue weighted by atomic mass is 10.3. The summed E-state index contributed by atoms with van der Waals surface area (Å²) in [6.45, 7) is 4.23. The highest BCUT2D eigenvalue weighted by Crippen LogP contribution is 2.24. The zero-order valence-corrected chi connectivity index (χ0v) is 12.6. The number of anilines is 3. The van der Waals surface area contributed by atoms with Gasteiger partial charge in [-0.1, -0.05) is 18.2 Å². The highest BCUT2D eigenvalue weighted by molar-refractivity contribution is 14.1. The molecule has 2 rings (SSSR count). The van der Waals surface area contributed by atoms with Crippen molar-refractivity contribution in [2.45, 2.75) is 19.9 Å². The first-order chi connectivity index (χ1) is 8.65. The largest absolute Gasteiger partial charge is 0.380 e. The van der Waals surface area contributed by atoms with E-state index in [-0.39, 0.29) is 0 Å². The van der Waals surface area contributed by atoms with Crippen molar-refractivity contribution >= 4 is 39.8 Å². The van der Waals surface area contributed by atoms with Gasteiger partial charge in [-0.15, -0.1) is 0 Å². The lowest BCUT2D eigenvalue weighted by Gasteiger charge is -2.15. The quantitative estimate of drug-likeness (QED) is 0.637. The maximum atomic E-state index is 4.53. The molecule has 0 unspecified atom stereocenters. The second kappa shape index (κ2) is 6.04.